The number of nitrogens with one attached hydrogen (secondary N) is 1. The Morgan fingerprint density at radius 1 is 1.58 bits per heavy atom. The molecule has 6 nitrogen and oxygen atoms in total. The minimum atomic E-state index is -0.356. The van der Waals surface area contributed by atoms with Crippen molar-refractivity contribution in [3.05, 3.63) is 16.1 Å². The van der Waals surface area contributed by atoms with E-state index in [2.05, 4.69) is 15.3 Å². The number of nitrogen functional groups attached to an aromatic ring is 1. The zero-order valence-electron chi connectivity index (χ0n) is 10.8. The number of amides is 1. The summed E-state index contributed by atoms with van der Waals surface area (Å²) in [5.74, 6) is 4.73. The predicted octanol–water partition coefficient (Wildman–Crippen LogP) is 0.483. The minimum Gasteiger partial charge on any atom is -0.395 e. The number of hydrazine groups is 1. The smallest absolute Gasteiger partial charge is 0.294 e. The lowest BCUT2D eigenvalue weighted by atomic mass is 10.1. The van der Waals surface area contributed by atoms with Crippen molar-refractivity contribution in [1.29, 1.82) is 0 Å². The third kappa shape index (κ3) is 3.73. The third-order valence-electron chi connectivity index (χ3n) is 3.45. The number of aliphatic hydroxyl groups excluding tert-OH is 1. The molecule has 4 N–H and O–H groups in total. The number of hydrogen-bond acceptors (Lipinski definition) is 6. The first-order valence-corrected chi connectivity index (χ1v) is 7.43. The normalized spacial score (nSPS) is 21.1. The average molecular weight is 284 g/mol. The number of likely N-dealkylation sites (tertiary alicyclic amines) is 1. The van der Waals surface area contributed by atoms with Crippen LogP contribution in [0.25, 0.3) is 0 Å². The number of carbonyl (C=O) groups is 1. The lowest BCUT2D eigenvalue weighted by Crippen LogP contribution is -2.37. The Bertz CT molecular complexity index is 424. The van der Waals surface area contributed by atoms with Gasteiger partial charge in [-0.2, -0.15) is 0 Å². The van der Waals surface area contributed by atoms with Crippen LogP contribution in [0.3, 0.4) is 0 Å². The van der Waals surface area contributed by atoms with Gasteiger partial charge in [-0.15, -0.1) is 11.3 Å². The largest absolute Gasteiger partial charge is 0.395 e. The maximum absolute atomic E-state index is 11.4. The van der Waals surface area contributed by atoms with Gasteiger partial charge in [-0.1, -0.05) is 12.8 Å². The highest BCUT2D eigenvalue weighted by Gasteiger charge is 2.21. The van der Waals surface area contributed by atoms with Gasteiger partial charge in [0.2, 0.25) is 0 Å². The summed E-state index contributed by atoms with van der Waals surface area (Å²) in [6, 6.07) is 0.205. The molecule has 1 aromatic rings. The molecule has 1 amide bonds. The van der Waals surface area contributed by atoms with Crippen LogP contribution in [0.15, 0.2) is 5.38 Å². The quantitative estimate of drug-likeness (QED) is 0.425. The molecule has 0 radical (unpaired) electrons. The van der Waals surface area contributed by atoms with E-state index in [-0.39, 0.29) is 18.6 Å². The summed E-state index contributed by atoms with van der Waals surface area (Å²) in [5.41, 5.74) is 2.95. The summed E-state index contributed by atoms with van der Waals surface area (Å²) in [6.07, 6.45) is 4.55. The molecule has 7 heteroatoms. The molecule has 1 unspecified atom stereocenters. The first-order valence-electron chi connectivity index (χ1n) is 6.55. The Hall–Kier alpha value is -1.02. The maximum atomic E-state index is 11.4. The Morgan fingerprint density at radius 3 is 3.16 bits per heavy atom. The maximum Gasteiger partial charge on any atom is 0.294 e. The van der Waals surface area contributed by atoms with E-state index in [9.17, 15) is 9.90 Å². The van der Waals surface area contributed by atoms with Gasteiger partial charge >= 0.3 is 0 Å². The number of aromatic nitrogens is 1. The SMILES string of the molecule is NNC(=O)c1nc(CN2CCCCCC2CO)cs1. The number of hydrogen-bond donors (Lipinski definition) is 3. The molecule has 0 aromatic carbocycles. The van der Waals surface area contributed by atoms with Crippen LogP contribution in [0, 0.1) is 0 Å². The Balaban J connectivity index is 2.02. The van der Waals surface area contributed by atoms with E-state index in [1.165, 1.54) is 24.2 Å². The van der Waals surface area contributed by atoms with Crippen molar-refractivity contribution in [3.63, 3.8) is 0 Å². The van der Waals surface area contributed by atoms with E-state index < -0.39 is 0 Å². The van der Waals surface area contributed by atoms with E-state index in [4.69, 9.17) is 5.84 Å². The van der Waals surface area contributed by atoms with Gasteiger partial charge in [0.05, 0.1) is 12.3 Å². The first kappa shape index (κ1) is 14.4. The second kappa shape index (κ2) is 6.95. The first-order chi connectivity index (χ1) is 9.24. The zero-order valence-corrected chi connectivity index (χ0v) is 11.7. The van der Waals surface area contributed by atoms with E-state index in [0.717, 1.165) is 25.1 Å². The number of carbonyl (C=O) groups excluding carboxylic acids is 1. The topological polar surface area (TPSA) is 91.5 Å². The van der Waals surface area contributed by atoms with Crippen molar-refractivity contribution >= 4 is 17.2 Å². The second-order valence-corrected chi connectivity index (χ2v) is 5.63. The van der Waals surface area contributed by atoms with Crippen LogP contribution in [0.2, 0.25) is 0 Å². The number of rotatable bonds is 4. The molecule has 0 aliphatic carbocycles. The van der Waals surface area contributed by atoms with E-state index in [1.54, 1.807) is 0 Å². The van der Waals surface area contributed by atoms with Crippen LogP contribution >= 0.6 is 11.3 Å². The van der Waals surface area contributed by atoms with E-state index >= 15 is 0 Å². The lowest BCUT2D eigenvalue weighted by molar-refractivity contribution is 0.0951. The molecule has 2 rings (SSSR count). The number of aliphatic hydroxyl groups is 1. The lowest BCUT2D eigenvalue weighted by Gasteiger charge is -2.27. The summed E-state index contributed by atoms with van der Waals surface area (Å²) in [7, 11) is 0. The van der Waals surface area contributed by atoms with Gasteiger partial charge in [-0.3, -0.25) is 15.1 Å². The van der Waals surface area contributed by atoms with E-state index in [1.807, 2.05) is 5.38 Å². The van der Waals surface area contributed by atoms with Crippen molar-refractivity contribution in [2.24, 2.45) is 5.84 Å². The summed E-state index contributed by atoms with van der Waals surface area (Å²) >= 11 is 1.29. The summed E-state index contributed by atoms with van der Waals surface area (Å²) in [4.78, 5) is 17.9. The standard InChI is InChI=1S/C12H20N4O2S/c13-15-11(18)12-14-9(8-19-12)6-16-5-3-1-2-4-10(16)7-17/h8,10,17H,1-7,13H2,(H,15,18). The highest BCUT2D eigenvalue weighted by Crippen LogP contribution is 2.20. The summed E-state index contributed by atoms with van der Waals surface area (Å²) < 4.78 is 0. The van der Waals surface area contributed by atoms with Crippen LogP contribution in [0.4, 0.5) is 0 Å². The Morgan fingerprint density at radius 2 is 2.42 bits per heavy atom. The Labute approximate surface area is 116 Å². The van der Waals surface area contributed by atoms with Gasteiger partial charge in [0.25, 0.3) is 5.91 Å². The molecular weight excluding hydrogens is 264 g/mol. The fraction of sp³-hybridized carbons (Fsp3) is 0.667. The van der Waals surface area contributed by atoms with Gasteiger partial charge in [-0.25, -0.2) is 10.8 Å². The zero-order chi connectivity index (χ0) is 13.7. The fourth-order valence-corrected chi connectivity index (χ4v) is 3.12. The molecule has 0 bridgehead atoms. The van der Waals surface area contributed by atoms with Crippen molar-refractivity contribution in [1.82, 2.24) is 15.3 Å². The number of nitrogens with zero attached hydrogens (tertiary/aromatic N) is 2. The number of thiazole rings is 1. The van der Waals surface area contributed by atoms with Crippen LogP contribution in [-0.2, 0) is 6.54 Å². The van der Waals surface area contributed by atoms with Gasteiger partial charge in [0, 0.05) is 18.0 Å². The third-order valence-corrected chi connectivity index (χ3v) is 4.34. The molecule has 1 aliphatic heterocycles. The van der Waals surface area contributed by atoms with Crippen molar-refractivity contribution < 1.29 is 9.90 Å². The van der Waals surface area contributed by atoms with Gasteiger partial charge in [0.15, 0.2) is 5.01 Å². The summed E-state index contributed by atoms with van der Waals surface area (Å²) in [6.45, 7) is 1.83. The Kier molecular flexibility index (Phi) is 5.26. The van der Waals surface area contributed by atoms with Crippen LogP contribution in [0.5, 0.6) is 0 Å². The number of nitrogens with two attached hydrogens (primary N) is 1. The molecule has 2 heterocycles. The second-order valence-electron chi connectivity index (χ2n) is 4.77. The molecule has 1 atom stereocenters. The molecule has 19 heavy (non-hydrogen) atoms. The van der Waals surface area contributed by atoms with Crippen LogP contribution < -0.4 is 11.3 Å². The average Bonchev–Trinajstić information content (AvgIpc) is 2.77. The highest BCUT2D eigenvalue weighted by molar-refractivity contribution is 7.11. The van der Waals surface area contributed by atoms with Gasteiger partial charge < -0.3 is 5.11 Å². The van der Waals surface area contributed by atoms with Gasteiger partial charge in [-0.05, 0) is 19.4 Å². The van der Waals surface area contributed by atoms with Crippen molar-refractivity contribution in [3.8, 4) is 0 Å². The van der Waals surface area contributed by atoms with Crippen LogP contribution in [-0.4, -0.2) is 40.1 Å². The highest BCUT2D eigenvalue weighted by atomic mass is 32.1. The molecule has 1 fully saturated rings. The molecular formula is C12H20N4O2S. The van der Waals surface area contributed by atoms with Crippen molar-refractivity contribution in [2.75, 3.05) is 13.2 Å². The molecule has 1 aliphatic rings. The fourth-order valence-electron chi connectivity index (χ4n) is 2.41. The molecule has 0 saturated carbocycles. The predicted molar refractivity (Wildman–Crippen MR) is 73.5 cm³/mol. The molecule has 0 spiro atoms. The monoisotopic (exact) mass is 284 g/mol. The van der Waals surface area contributed by atoms with E-state index in [0.29, 0.717) is 11.6 Å². The van der Waals surface area contributed by atoms with Crippen LogP contribution in [0.1, 0.15) is 41.2 Å². The minimum absolute atomic E-state index is 0.181. The summed E-state index contributed by atoms with van der Waals surface area (Å²) in [5, 5.41) is 11.7. The van der Waals surface area contributed by atoms with Crippen molar-refractivity contribution in [2.45, 2.75) is 38.3 Å². The molecule has 1 saturated heterocycles. The molecule has 106 valence electrons. The molecule has 1 aromatic heterocycles. The van der Waals surface area contributed by atoms with Gasteiger partial charge in [0.1, 0.15) is 0 Å².